The lowest BCUT2D eigenvalue weighted by atomic mass is 11.6. The number of hydrogen-bond donors (Lipinski definition) is 6. The lowest BCUT2D eigenvalue weighted by Crippen LogP contribution is -2.19. The summed E-state index contributed by atoms with van der Waals surface area (Å²) in [6, 6.07) is 0. The molecule has 0 radical (unpaired) electrons. The van der Waals surface area contributed by atoms with Gasteiger partial charge in [-0.3, -0.25) is 0 Å². The van der Waals surface area contributed by atoms with Crippen LogP contribution in [0.1, 0.15) is 0 Å². The molecule has 0 atom stereocenters. The van der Waals surface area contributed by atoms with Gasteiger partial charge in [0.1, 0.15) is 14.5 Å². The smallest absolute Gasteiger partial charge is 0.174 e. The van der Waals surface area contributed by atoms with Gasteiger partial charge in [0.15, 0.2) is 44.0 Å². The summed E-state index contributed by atoms with van der Waals surface area (Å²) in [5.41, 5.74) is 0. The highest BCUT2D eigenvalue weighted by molar-refractivity contribution is 7.91. The first kappa shape index (κ1) is 15.6. The highest BCUT2D eigenvalue weighted by Gasteiger charge is 2.51. The molecule has 0 bridgehead atoms. The molecule has 0 aliphatic heterocycles. The van der Waals surface area contributed by atoms with Crippen molar-refractivity contribution in [3.8, 4) is 0 Å². The van der Waals surface area contributed by atoms with E-state index in [0.717, 1.165) is 0 Å². The molecule has 0 aliphatic carbocycles. The standard InChI is InChI=1S/C7H20O6P2/c8-1-14(2-9,3-10)7-15(4-11,5-12)6-13/h8-13H,1-7H2/q+2. The molecular formula is C7H20O6P2+2. The van der Waals surface area contributed by atoms with E-state index in [1.54, 1.807) is 0 Å². The quantitative estimate of drug-likeness (QED) is 0.302. The van der Waals surface area contributed by atoms with E-state index in [9.17, 15) is 0 Å². The van der Waals surface area contributed by atoms with E-state index in [2.05, 4.69) is 0 Å². The van der Waals surface area contributed by atoms with Gasteiger partial charge in [-0.25, -0.2) is 0 Å². The number of aliphatic hydroxyl groups excluding tert-OH is 6. The summed E-state index contributed by atoms with van der Waals surface area (Å²) >= 11 is 0. The fraction of sp³-hybridized carbons (Fsp3) is 1.00. The normalized spacial score (nSPS) is 13.2. The van der Waals surface area contributed by atoms with Crippen LogP contribution in [0.4, 0.5) is 0 Å². The molecule has 0 aromatic heterocycles. The average Bonchev–Trinajstić information content (AvgIpc) is 2.33. The molecule has 6 nitrogen and oxygen atoms in total. The Labute approximate surface area is 89.9 Å². The van der Waals surface area contributed by atoms with E-state index in [0.29, 0.717) is 0 Å². The molecule has 0 fully saturated rings. The topological polar surface area (TPSA) is 121 Å². The average molecular weight is 262 g/mol. The van der Waals surface area contributed by atoms with Crippen LogP contribution in [0.15, 0.2) is 0 Å². The van der Waals surface area contributed by atoms with Crippen molar-refractivity contribution in [1.29, 1.82) is 0 Å². The fourth-order valence-electron chi connectivity index (χ4n) is 1.17. The highest BCUT2D eigenvalue weighted by atomic mass is 31.2. The Morgan fingerprint density at radius 3 is 0.800 bits per heavy atom. The van der Waals surface area contributed by atoms with Crippen LogP contribution in [-0.2, 0) is 0 Å². The molecule has 0 unspecified atom stereocenters. The van der Waals surface area contributed by atoms with Crippen molar-refractivity contribution in [3.05, 3.63) is 0 Å². The molecule has 0 aromatic carbocycles. The Hall–Kier alpha value is 0.620. The summed E-state index contributed by atoms with van der Waals surface area (Å²) in [6.45, 7) is 0. The van der Waals surface area contributed by atoms with Crippen molar-refractivity contribution in [2.45, 2.75) is 0 Å². The molecule has 8 heteroatoms. The molecule has 92 valence electrons. The molecule has 6 N–H and O–H groups in total. The molecule has 0 saturated heterocycles. The predicted octanol–water partition coefficient (Wildman–Crippen LogP) is -1.32. The van der Waals surface area contributed by atoms with Crippen LogP contribution in [0.2, 0.25) is 0 Å². The number of aliphatic hydroxyl groups is 6. The second kappa shape index (κ2) is 7.05. The summed E-state index contributed by atoms with van der Waals surface area (Å²) < 4.78 is 0. The summed E-state index contributed by atoms with van der Waals surface area (Å²) in [6.07, 6.45) is -2.07. The minimum absolute atomic E-state index is 0.160. The van der Waals surface area contributed by atoms with Crippen molar-refractivity contribution < 1.29 is 30.6 Å². The monoisotopic (exact) mass is 262 g/mol. The van der Waals surface area contributed by atoms with Gasteiger partial charge in [0.25, 0.3) is 0 Å². The van der Waals surface area contributed by atoms with E-state index in [1.165, 1.54) is 0 Å². The van der Waals surface area contributed by atoms with Crippen LogP contribution in [0.25, 0.3) is 0 Å². The minimum Gasteiger partial charge on any atom is -0.361 e. The Kier molecular flexibility index (Phi) is 7.34. The zero-order chi connectivity index (χ0) is 11.9. The number of rotatable bonds is 8. The van der Waals surface area contributed by atoms with Crippen molar-refractivity contribution in [3.63, 3.8) is 0 Å². The first-order valence-electron chi connectivity index (χ1n) is 4.43. The van der Waals surface area contributed by atoms with Gasteiger partial charge in [0.05, 0.1) is 0 Å². The summed E-state index contributed by atoms with van der Waals surface area (Å²) in [4.78, 5) is 0. The zero-order valence-electron chi connectivity index (χ0n) is 8.53. The van der Waals surface area contributed by atoms with Crippen LogP contribution in [-0.4, -0.2) is 74.6 Å². The molecule has 15 heavy (non-hydrogen) atoms. The Bertz CT molecular complexity index is 136. The van der Waals surface area contributed by atoms with Crippen LogP contribution in [0, 0.1) is 0 Å². The SMILES string of the molecule is OC[P+](CO)(CO)C[P+](CO)(CO)CO. The summed E-state index contributed by atoms with van der Waals surface area (Å²) in [5, 5.41) is 54.8. The van der Waals surface area contributed by atoms with Gasteiger partial charge in [0.2, 0.25) is 0 Å². The zero-order valence-corrected chi connectivity index (χ0v) is 10.3. The van der Waals surface area contributed by atoms with Gasteiger partial charge in [-0.2, -0.15) is 0 Å². The van der Waals surface area contributed by atoms with Gasteiger partial charge in [-0.1, -0.05) is 0 Å². The van der Waals surface area contributed by atoms with Gasteiger partial charge >= 0.3 is 0 Å². The summed E-state index contributed by atoms with van der Waals surface area (Å²) in [5.74, 6) is 0.160. The largest absolute Gasteiger partial charge is 0.361 e. The second-order valence-electron chi connectivity index (χ2n) is 3.67. The third kappa shape index (κ3) is 3.84. The van der Waals surface area contributed by atoms with E-state index in [1.807, 2.05) is 0 Å². The lowest BCUT2D eigenvalue weighted by molar-refractivity contribution is 0.307. The lowest BCUT2D eigenvalue weighted by Gasteiger charge is -2.26. The minimum atomic E-state index is -2.37. The van der Waals surface area contributed by atoms with Crippen LogP contribution in [0.3, 0.4) is 0 Å². The maximum atomic E-state index is 9.13. The van der Waals surface area contributed by atoms with Crippen molar-refractivity contribution in [1.82, 2.24) is 0 Å². The van der Waals surface area contributed by atoms with E-state index in [4.69, 9.17) is 30.6 Å². The van der Waals surface area contributed by atoms with Gasteiger partial charge < -0.3 is 30.6 Å². The Balaban J connectivity index is 4.74. The van der Waals surface area contributed by atoms with Gasteiger partial charge in [-0.05, 0) is 0 Å². The molecule has 0 amide bonds. The van der Waals surface area contributed by atoms with Crippen LogP contribution < -0.4 is 0 Å². The van der Waals surface area contributed by atoms with Crippen LogP contribution >= 0.6 is 14.5 Å². The highest BCUT2D eigenvalue weighted by Crippen LogP contribution is 2.72. The molecule has 0 spiro atoms. The van der Waals surface area contributed by atoms with E-state index in [-0.39, 0.29) is 44.0 Å². The molecular weight excluding hydrogens is 242 g/mol. The third-order valence-electron chi connectivity index (χ3n) is 2.40. The first-order valence-corrected chi connectivity index (χ1v) is 9.49. The van der Waals surface area contributed by atoms with Gasteiger partial charge in [-0.15, -0.1) is 0 Å². The Morgan fingerprint density at radius 1 is 0.467 bits per heavy atom. The maximum Gasteiger partial charge on any atom is 0.174 e. The molecule has 0 rings (SSSR count). The van der Waals surface area contributed by atoms with Crippen molar-refractivity contribution in [2.75, 3.05) is 44.0 Å². The Morgan fingerprint density at radius 2 is 0.667 bits per heavy atom. The van der Waals surface area contributed by atoms with E-state index < -0.39 is 14.5 Å². The molecule has 0 aromatic rings. The molecule has 0 aliphatic rings. The maximum absolute atomic E-state index is 9.13. The van der Waals surface area contributed by atoms with Crippen molar-refractivity contribution in [2.24, 2.45) is 0 Å². The number of hydrogen-bond acceptors (Lipinski definition) is 6. The van der Waals surface area contributed by atoms with Crippen LogP contribution in [0.5, 0.6) is 0 Å². The molecule has 0 saturated carbocycles. The van der Waals surface area contributed by atoms with E-state index >= 15 is 0 Å². The molecule has 0 heterocycles. The fourth-order valence-corrected chi connectivity index (χ4v) is 8.95. The predicted molar refractivity (Wildman–Crippen MR) is 61.2 cm³/mol. The third-order valence-corrected chi connectivity index (χ3v) is 10.8. The summed E-state index contributed by atoms with van der Waals surface area (Å²) in [7, 11) is -4.75. The van der Waals surface area contributed by atoms with Crippen molar-refractivity contribution >= 4 is 14.5 Å². The van der Waals surface area contributed by atoms with Gasteiger partial charge in [0, 0.05) is 0 Å². The first-order chi connectivity index (χ1) is 7.07. The second-order valence-corrected chi connectivity index (χ2v) is 11.9.